The Balaban J connectivity index is 1.59. The molecule has 0 N–H and O–H groups in total. The molecule has 0 spiro atoms. The van der Waals surface area contributed by atoms with Crippen LogP contribution in [0.2, 0.25) is 0 Å². The van der Waals surface area contributed by atoms with E-state index in [0.717, 1.165) is 33.7 Å². The SMILES string of the molecule is Cc1ccnc(-n2c3ccccc3c3ccc(-c4cccc(-n5ccccc5=O)c4)cc32)c1. The summed E-state index contributed by atoms with van der Waals surface area (Å²) in [6.45, 7) is 2.08. The summed E-state index contributed by atoms with van der Waals surface area (Å²) in [7, 11) is 0. The molecule has 0 amide bonds. The lowest BCUT2D eigenvalue weighted by Crippen LogP contribution is -2.15. The number of benzene rings is 3. The molecule has 0 saturated heterocycles. The van der Waals surface area contributed by atoms with E-state index >= 15 is 0 Å². The fourth-order valence-electron chi connectivity index (χ4n) is 4.52. The number of hydrogen-bond acceptors (Lipinski definition) is 2. The Morgan fingerprint density at radius 2 is 1.52 bits per heavy atom. The minimum absolute atomic E-state index is 0.0456. The molecule has 3 heterocycles. The van der Waals surface area contributed by atoms with Gasteiger partial charge in [-0.1, -0.05) is 48.5 Å². The highest BCUT2D eigenvalue weighted by Gasteiger charge is 2.14. The van der Waals surface area contributed by atoms with Crippen LogP contribution >= 0.6 is 0 Å². The van der Waals surface area contributed by atoms with Crippen LogP contribution in [-0.2, 0) is 0 Å². The molecule has 6 rings (SSSR count). The van der Waals surface area contributed by atoms with E-state index in [-0.39, 0.29) is 5.56 Å². The molecule has 0 saturated carbocycles. The van der Waals surface area contributed by atoms with Gasteiger partial charge in [0.05, 0.1) is 11.0 Å². The van der Waals surface area contributed by atoms with Crippen molar-refractivity contribution >= 4 is 21.8 Å². The van der Waals surface area contributed by atoms with Crippen molar-refractivity contribution in [2.75, 3.05) is 0 Å². The summed E-state index contributed by atoms with van der Waals surface area (Å²) in [5.41, 5.74) is 6.35. The van der Waals surface area contributed by atoms with E-state index in [1.165, 1.54) is 16.3 Å². The molecule has 33 heavy (non-hydrogen) atoms. The van der Waals surface area contributed by atoms with E-state index in [0.29, 0.717) is 0 Å². The van der Waals surface area contributed by atoms with Gasteiger partial charge < -0.3 is 0 Å². The molecular formula is C29H21N3O. The van der Waals surface area contributed by atoms with E-state index < -0.39 is 0 Å². The van der Waals surface area contributed by atoms with Gasteiger partial charge in [0.1, 0.15) is 5.82 Å². The maximum absolute atomic E-state index is 12.3. The first-order chi connectivity index (χ1) is 16.2. The van der Waals surface area contributed by atoms with Crippen LogP contribution in [0.15, 0.2) is 114 Å². The zero-order chi connectivity index (χ0) is 22.4. The molecule has 3 aromatic carbocycles. The van der Waals surface area contributed by atoms with Crippen LogP contribution in [-0.4, -0.2) is 14.1 Å². The van der Waals surface area contributed by atoms with Gasteiger partial charge in [-0.3, -0.25) is 13.9 Å². The molecule has 4 nitrogen and oxygen atoms in total. The summed E-state index contributed by atoms with van der Waals surface area (Å²) in [5.74, 6) is 0.905. The van der Waals surface area contributed by atoms with Gasteiger partial charge in [0.25, 0.3) is 5.56 Å². The number of fused-ring (bicyclic) bond motifs is 3. The predicted octanol–water partition coefficient (Wildman–Crippen LogP) is 6.31. The number of aryl methyl sites for hydroxylation is 1. The van der Waals surface area contributed by atoms with Gasteiger partial charge in [-0.2, -0.15) is 0 Å². The normalized spacial score (nSPS) is 11.3. The second-order valence-electron chi connectivity index (χ2n) is 8.24. The molecule has 0 fully saturated rings. The zero-order valence-corrected chi connectivity index (χ0v) is 18.1. The number of rotatable bonds is 3. The molecule has 4 heteroatoms. The molecule has 0 aliphatic heterocycles. The molecule has 158 valence electrons. The summed E-state index contributed by atoms with van der Waals surface area (Å²) in [6.07, 6.45) is 3.65. The fraction of sp³-hybridized carbons (Fsp3) is 0.0345. The molecular weight excluding hydrogens is 406 g/mol. The number of aromatic nitrogens is 3. The van der Waals surface area contributed by atoms with Crippen LogP contribution in [0.3, 0.4) is 0 Å². The van der Waals surface area contributed by atoms with Gasteiger partial charge in [-0.05, 0) is 66.1 Å². The van der Waals surface area contributed by atoms with Crippen LogP contribution in [0.25, 0.3) is 44.4 Å². The van der Waals surface area contributed by atoms with Crippen molar-refractivity contribution in [3.63, 3.8) is 0 Å². The second kappa shape index (κ2) is 7.61. The van der Waals surface area contributed by atoms with Gasteiger partial charge >= 0.3 is 0 Å². The molecule has 6 aromatic rings. The van der Waals surface area contributed by atoms with Gasteiger partial charge in [-0.25, -0.2) is 4.98 Å². The summed E-state index contributed by atoms with van der Waals surface area (Å²) in [5, 5.41) is 2.39. The van der Waals surface area contributed by atoms with Crippen LogP contribution < -0.4 is 5.56 Å². The first kappa shape index (κ1) is 19.3. The van der Waals surface area contributed by atoms with Crippen LogP contribution in [0, 0.1) is 6.92 Å². The van der Waals surface area contributed by atoms with E-state index in [4.69, 9.17) is 0 Å². The Hall–Kier alpha value is -4.44. The van der Waals surface area contributed by atoms with Gasteiger partial charge in [0.15, 0.2) is 0 Å². The highest BCUT2D eigenvalue weighted by atomic mass is 16.1. The van der Waals surface area contributed by atoms with Gasteiger partial charge in [0, 0.05) is 34.9 Å². The molecule has 0 atom stereocenters. The summed E-state index contributed by atoms with van der Waals surface area (Å²) in [6, 6.07) is 32.4. The van der Waals surface area contributed by atoms with Crippen molar-refractivity contribution in [1.82, 2.24) is 14.1 Å². The molecule has 0 bridgehead atoms. The lowest BCUT2D eigenvalue weighted by Gasteiger charge is -2.10. The number of para-hydroxylation sites is 1. The summed E-state index contributed by atoms with van der Waals surface area (Å²) >= 11 is 0. The predicted molar refractivity (Wildman–Crippen MR) is 134 cm³/mol. The third kappa shape index (κ3) is 3.24. The minimum atomic E-state index is -0.0456. The van der Waals surface area contributed by atoms with E-state index in [1.54, 1.807) is 22.9 Å². The van der Waals surface area contributed by atoms with Gasteiger partial charge in [-0.15, -0.1) is 0 Å². The van der Waals surface area contributed by atoms with Crippen molar-refractivity contribution in [1.29, 1.82) is 0 Å². The Morgan fingerprint density at radius 3 is 2.39 bits per heavy atom. The summed E-state index contributed by atoms with van der Waals surface area (Å²) in [4.78, 5) is 17.0. The molecule has 0 unspecified atom stereocenters. The Labute approximate surface area is 191 Å². The third-order valence-electron chi connectivity index (χ3n) is 6.08. The Morgan fingerprint density at radius 1 is 0.697 bits per heavy atom. The third-order valence-corrected chi connectivity index (χ3v) is 6.08. The average molecular weight is 428 g/mol. The molecule has 0 aliphatic carbocycles. The topological polar surface area (TPSA) is 39.8 Å². The Bertz CT molecular complexity index is 1710. The monoisotopic (exact) mass is 427 g/mol. The van der Waals surface area contributed by atoms with E-state index in [9.17, 15) is 4.79 Å². The van der Waals surface area contributed by atoms with Crippen molar-refractivity contribution in [3.05, 3.63) is 125 Å². The van der Waals surface area contributed by atoms with Crippen molar-refractivity contribution in [2.45, 2.75) is 6.92 Å². The average Bonchev–Trinajstić information content (AvgIpc) is 3.18. The molecule has 0 radical (unpaired) electrons. The minimum Gasteiger partial charge on any atom is -0.294 e. The zero-order valence-electron chi connectivity index (χ0n) is 18.1. The number of pyridine rings is 2. The maximum Gasteiger partial charge on any atom is 0.255 e. The van der Waals surface area contributed by atoms with Crippen LogP contribution in [0.4, 0.5) is 0 Å². The summed E-state index contributed by atoms with van der Waals surface area (Å²) < 4.78 is 3.89. The smallest absolute Gasteiger partial charge is 0.255 e. The quantitative estimate of drug-likeness (QED) is 0.332. The number of hydrogen-bond donors (Lipinski definition) is 0. The fourth-order valence-corrected chi connectivity index (χ4v) is 4.52. The van der Waals surface area contributed by atoms with Crippen molar-refractivity contribution in [2.24, 2.45) is 0 Å². The van der Waals surface area contributed by atoms with E-state index in [2.05, 4.69) is 77.1 Å². The van der Waals surface area contributed by atoms with Crippen molar-refractivity contribution < 1.29 is 0 Å². The Kier molecular flexibility index (Phi) is 4.44. The number of nitrogens with zero attached hydrogens (tertiary/aromatic N) is 3. The van der Waals surface area contributed by atoms with Crippen LogP contribution in [0.1, 0.15) is 5.56 Å². The standard InChI is InChI=1S/C29H21N3O/c1-20-14-15-30-28(17-20)32-26-10-3-2-9-24(26)25-13-12-22(19-27(25)32)21-7-6-8-23(18-21)31-16-5-4-11-29(31)33/h2-19H,1H3. The highest BCUT2D eigenvalue weighted by Crippen LogP contribution is 2.34. The maximum atomic E-state index is 12.3. The van der Waals surface area contributed by atoms with Crippen LogP contribution in [0.5, 0.6) is 0 Å². The first-order valence-corrected chi connectivity index (χ1v) is 10.9. The molecule has 3 aromatic heterocycles. The lowest BCUT2D eigenvalue weighted by atomic mass is 10.0. The first-order valence-electron chi connectivity index (χ1n) is 10.9. The highest BCUT2D eigenvalue weighted by molar-refractivity contribution is 6.10. The lowest BCUT2D eigenvalue weighted by molar-refractivity contribution is 0.991. The largest absolute Gasteiger partial charge is 0.294 e. The van der Waals surface area contributed by atoms with E-state index in [1.807, 2.05) is 30.5 Å². The molecule has 0 aliphatic rings. The van der Waals surface area contributed by atoms with Crippen molar-refractivity contribution in [3.8, 4) is 22.6 Å². The van der Waals surface area contributed by atoms with Gasteiger partial charge in [0.2, 0.25) is 0 Å². The second-order valence-corrected chi connectivity index (χ2v) is 8.24.